The van der Waals surface area contributed by atoms with Crippen LogP contribution in [0.15, 0.2) is 85.2 Å². The fourth-order valence-electron chi connectivity index (χ4n) is 5.21. The molecule has 3 aromatic carbocycles. The molecule has 2 fully saturated rings. The zero-order valence-corrected chi connectivity index (χ0v) is 27.9. The molecule has 0 saturated carbocycles. The molecule has 9 nitrogen and oxygen atoms in total. The van der Waals surface area contributed by atoms with Crippen molar-refractivity contribution in [2.45, 2.75) is 0 Å². The Hall–Kier alpha value is -3.28. The Balaban J connectivity index is 0.000000541. The van der Waals surface area contributed by atoms with Crippen molar-refractivity contribution in [1.29, 1.82) is 5.41 Å². The quantitative estimate of drug-likeness (QED) is 0.201. The number of piperazine rings is 2. The number of anilines is 3. The van der Waals surface area contributed by atoms with Gasteiger partial charge in [0.2, 0.25) is 0 Å². The van der Waals surface area contributed by atoms with Crippen LogP contribution in [0.4, 0.5) is 17.2 Å². The first-order valence-corrected chi connectivity index (χ1v) is 14.1. The van der Waals surface area contributed by atoms with Gasteiger partial charge < -0.3 is 39.7 Å². The standard InChI is InChI=1S/C27H30N7O2.C6H5.K/c1-36-25-8-7-21(27(35)34-15-9-31(10-16-34)23-5-3-2-4-6-23)17-24(25)32-11-13-33(14-12-32)26-22(18-28)19-29-20-30-26;1-2-4-6-5-3-1;/h2-8,17-18,20,28H,9-16H2,1H3;1-5H;/q2*-1;+1. The summed E-state index contributed by atoms with van der Waals surface area (Å²) in [4.78, 5) is 30.3. The number of amides is 1. The summed E-state index contributed by atoms with van der Waals surface area (Å²) < 4.78 is 5.65. The molecule has 2 aliphatic rings. The Morgan fingerprint density at radius 3 is 2.12 bits per heavy atom. The number of nitrogens with zero attached hydrogens (tertiary/aromatic N) is 6. The fourth-order valence-corrected chi connectivity index (χ4v) is 5.21. The van der Waals surface area contributed by atoms with Gasteiger partial charge in [-0.1, -0.05) is 30.0 Å². The minimum atomic E-state index is 0. The molecule has 10 heteroatoms. The number of carbonyl (C=O) groups is 1. The van der Waals surface area contributed by atoms with Gasteiger partial charge in [0.1, 0.15) is 5.75 Å². The summed E-state index contributed by atoms with van der Waals surface area (Å²) in [6.07, 6.45) is 5.53. The van der Waals surface area contributed by atoms with Gasteiger partial charge in [0.25, 0.3) is 5.91 Å². The summed E-state index contributed by atoms with van der Waals surface area (Å²) >= 11 is 0. The van der Waals surface area contributed by atoms with Crippen LogP contribution in [0.2, 0.25) is 0 Å². The molecule has 43 heavy (non-hydrogen) atoms. The van der Waals surface area contributed by atoms with E-state index >= 15 is 0 Å². The molecule has 1 amide bonds. The summed E-state index contributed by atoms with van der Waals surface area (Å²) in [5.74, 6) is 1.53. The molecule has 0 radical (unpaired) electrons. The van der Waals surface area contributed by atoms with Crippen LogP contribution < -0.4 is 70.8 Å². The van der Waals surface area contributed by atoms with Gasteiger partial charge in [-0.05, 0) is 36.5 Å². The minimum Gasteiger partial charge on any atom is -0.495 e. The van der Waals surface area contributed by atoms with Gasteiger partial charge in [0, 0.05) is 75.8 Å². The van der Waals surface area contributed by atoms with Gasteiger partial charge in [-0.15, -0.1) is 0 Å². The SMILES string of the molecule is COc1ccc(C(=O)N2CCN(c3ccccc3)CC2)cc1N1CCN(c2ncn[c-]c2C=N)CC1.[K+].[c-]1ccccc1. The summed E-state index contributed by atoms with van der Waals surface area (Å²) in [5.41, 5.74) is 3.39. The molecule has 0 atom stereocenters. The van der Waals surface area contributed by atoms with Crippen molar-refractivity contribution in [3.8, 4) is 5.75 Å². The molecule has 0 spiro atoms. The largest absolute Gasteiger partial charge is 1.00 e. The van der Waals surface area contributed by atoms with Crippen molar-refractivity contribution in [2.24, 2.45) is 0 Å². The molecule has 3 heterocycles. The van der Waals surface area contributed by atoms with E-state index in [0.29, 0.717) is 24.2 Å². The molecule has 1 aromatic heterocycles. The predicted molar refractivity (Wildman–Crippen MR) is 166 cm³/mol. The molecular weight excluding hydrogens is 566 g/mol. The normalized spacial score (nSPS) is 14.6. The monoisotopic (exact) mass is 600 g/mol. The van der Waals surface area contributed by atoms with E-state index in [-0.39, 0.29) is 57.3 Å². The van der Waals surface area contributed by atoms with Crippen molar-refractivity contribution in [1.82, 2.24) is 14.9 Å². The van der Waals surface area contributed by atoms with Crippen LogP contribution >= 0.6 is 0 Å². The van der Waals surface area contributed by atoms with Crippen LogP contribution in [0.1, 0.15) is 15.9 Å². The average molecular weight is 601 g/mol. The topological polar surface area (TPSA) is 88.9 Å². The zero-order chi connectivity index (χ0) is 29.1. The number of methoxy groups -OCH3 is 1. The fraction of sp³-hybridized carbons (Fsp3) is 0.273. The van der Waals surface area contributed by atoms with Crippen molar-refractivity contribution < 1.29 is 60.9 Å². The number of aromatic nitrogens is 2. The number of hydrogen-bond acceptors (Lipinski definition) is 8. The average Bonchev–Trinajstić information content (AvgIpc) is 3.09. The van der Waals surface area contributed by atoms with E-state index in [1.165, 1.54) is 18.2 Å². The Kier molecular flexibility index (Phi) is 12.5. The summed E-state index contributed by atoms with van der Waals surface area (Å²) in [5, 5.41) is 7.61. The van der Waals surface area contributed by atoms with Gasteiger partial charge in [0.05, 0.1) is 12.8 Å². The molecule has 0 aliphatic carbocycles. The van der Waals surface area contributed by atoms with E-state index in [1.54, 1.807) is 7.11 Å². The Labute approximate surface area is 296 Å². The van der Waals surface area contributed by atoms with Crippen LogP contribution in [-0.4, -0.2) is 86.5 Å². The zero-order valence-electron chi connectivity index (χ0n) is 24.8. The maximum Gasteiger partial charge on any atom is 1.00 e. The van der Waals surface area contributed by atoms with Crippen LogP contribution in [0.3, 0.4) is 0 Å². The number of ether oxygens (including phenoxy) is 1. The first-order valence-electron chi connectivity index (χ1n) is 14.1. The van der Waals surface area contributed by atoms with E-state index in [2.05, 4.69) is 49.1 Å². The number of benzene rings is 3. The molecule has 2 aliphatic heterocycles. The van der Waals surface area contributed by atoms with Gasteiger partial charge in [-0.25, -0.2) is 0 Å². The van der Waals surface area contributed by atoms with Crippen LogP contribution in [0.5, 0.6) is 5.75 Å². The van der Waals surface area contributed by atoms with E-state index < -0.39 is 0 Å². The van der Waals surface area contributed by atoms with Crippen LogP contribution in [0, 0.1) is 17.7 Å². The third-order valence-corrected chi connectivity index (χ3v) is 7.45. The number of nitrogens with one attached hydrogen (secondary N) is 1. The number of carbonyl (C=O) groups excluding carboxylic acids is 1. The molecule has 2 saturated heterocycles. The van der Waals surface area contributed by atoms with Gasteiger partial charge >= 0.3 is 51.4 Å². The third kappa shape index (κ3) is 8.42. The predicted octanol–water partition coefficient (Wildman–Crippen LogP) is 1.06. The molecule has 0 bridgehead atoms. The minimum absolute atomic E-state index is 0. The van der Waals surface area contributed by atoms with Crippen molar-refractivity contribution in [2.75, 3.05) is 74.2 Å². The second kappa shape index (κ2) is 16.5. The summed E-state index contributed by atoms with van der Waals surface area (Å²) in [6.45, 7) is 5.97. The second-order valence-electron chi connectivity index (χ2n) is 9.92. The van der Waals surface area contributed by atoms with E-state index in [9.17, 15) is 4.79 Å². The van der Waals surface area contributed by atoms with Crippen molar-refractivity contribution in [3.05, 3.63) is 109 Å². The number of hydrogen-bond donors (Lipinski definition) is 1. The maximum atomic E-state index is 13.4. The molecule has 0 unspecified atom stereocenters. The Morgan fingerprint density at radius 1 is 0.860 bits per heavy atom. The number of rotatable bonds is 6. The van der Waals surface area contributed by atoms with Crippen LogP contribution in [0.25, 0.3) is 0 Å². The smallest absolute Gasteiger partial charge is 0.495 e. The third-order valence-electron chi connectivity index (χ3n) is 7.45. The van der Waals surface area contributed by atoms with E-state index in [1.807, 2.05) is 71.6 Å². The second-order valence-corrected chi connectivity index (χ2v) is 9.92. The van der Waals surface area contributed by atoms with Gasteiger partial charge in [0.15, 0.2) is 0 Å². The van der Waals surface area contributed by atoms with Crippen molar-refractivity contribution >= 4 is 29.3 Å². The Morgan fingerprint density at radius 2 is 1.51 bits per heavy atom. The molecule has 1 N–H and O–H groups in total. The summed E-state index contributed by atoms with van der Waals surface area (Å²) in [7, 11) is 1.66. The van der Waals surface area contributed by atoms with E-state index in [0.717, 1.165) is 56.5 Å². The van der Waals surface area contributed by atoms with E-state index in [4.69, 9.17) is 10.1 Å². The number of para-hydroxylation sites is 1. The van der Waals surface area contributed by atoms with Crippen molar-refractivity contribution in [3.63, 3.8) is 0 Å². The molecule has 6 rings (SSSR count). The maximum absolute atomic E-state index is 13.4. The molecule has 4 aromatic rings. The molecular formula is C33H35KN7O2-. The van der Waals surface area contributed by atoms with Crippen LogP contribution in [-0.2, 0) is 0 Å². The molecule has 216 valence electrons. The van der Waals surface area contributed by atoms with Gasteiger partial charge in [-0.3, -0.25) is 4.79 Å². The first-order chi connectivity index (χ1) is 20.7. The Bertz CT molecular complexity index is 1420. The van der Waals surface area contributed by atoms with Gasteiger partial charge in [-0.2, -0.15) is 36.4 Å². The summed E-state index contributed by atoms with van der Waals surface area (Å²) in [6, 6.07) is 28.5. The first kappa shape index (κ1) is 32.6.